The van der Waals surface area contributed by atoms with Crippen molar-refractivity contribution in [1.29, 1.82) is 0 Å². The second kappa shape index (κ2) is 5.94. The Bertz CT molecular complexity index is 561. The first kappa shape index (κ1) is 15.0. The molecule has 2 aromatic carbocycles. The molecule has 0 saturated heterocycles. The highest BCUT2D eigenvalue weighted by atomic mass is 28.3. The van der Waals surface area contributed by atoms with Crippen molar-refractivity contribution < 1.29 is 0 Å². The van der Waals surface area contributed by atoms with Gasteiger partial charge in [-0.1, -0.05) is 72.9 Å². The maximum absolute atomic E-state index is 2.47. The second-order valence-corrected chi connectivity index (χ2v) is 10.9. The van der Waals surface area contributed by atoms with E-state index < -0.39 is 8.07 Å². The van der Waals surface area contributed by atoms with Crippen LogP contribution in [0.5, 0.6) is 0 Å². The summed E-state index contributed by atoms with van der Waals surface area (Å²) in [5.74, 6) is 0. The van der Waals surface area contributed by atoms with E-state index in [4.69, 9.17) is 0 Å². The Morgan fingerprint density at radius 3 is 1.95 bits per heavy atom. The molecule has 2 aromatic rings. The summed E-state index contributed by atoms with van der Waals surface area (Å²) in [6.45, 7) is 7.17. The highest BCUT2D eigenvalue weighted by Crippen LogP contribution is 2.30. The van der Waals surface area contributed by atoms with Crippen LogP contribution in [0.1, 0.15) is 16.8 Å². The van der Waals surface area contributed by atoms with Gasteiger partial charge in [0.25, 0.3) is 0 Å². The summed E-state index contributed by atoms with van der Waals surface area (Å²) in [4.78, 5) is 2.39. The minimum Gasteiger partial charge on any atom is -0.305 e. The van der Waals surface area contributed by atoms with Gasteiger partial charge in [0.2, 0.25) is 0 Å². The Kier molecular flexibility index (Phi) is 4.46. The number of rotatable bonds is 4. The molecule has 0 amide bonds. The van der Waals surface area contributed by atoms with Crippen molar-refractivity contribution in [3.05, 3.63) is 65.7 Å². The topological polar surface area (TPSA) is 3.24 Å². The number of aryl methyl sites for hydroxylation is 1. The van der Waals surface area contributed by atoms with E-state index in [1.807, 2.05) is 0 Å². The molecule has 0 aliphatic heterocycles. The first-order valence-corrected chi connectivity index (χ1v) is 10.3. The van der Waals surface area contributed by atoms with Crippen LogP contribution in [0.3, 0.4) is 0 Å². The Morgan fingerprint density at radius 2 is 1.40 bits per heavy atom. The molecule has 1 unspecified atom stereocenters. The lowest BCUT2D eigenvalue weighted by Crippen LogP contribution is -2.52. The number of hydrogen-bond donors (Lipinski definition) is 0. The zero-order valence-corrected chi connectivity index (χ0v) is 14.2. The van der Waals surface area contributed by atoms with E-state index >= 15 is 0 Å². The van der Waals surface area contributed by atoms with Crippen LogP contribution in [-0.4, -0.2) is 27.1 Å². The summed E-state index contributed by atoms with van der Waals surface area (Å²) in [5, 5.41) is 1.52. The molecular formula is C18H25NSi. The van der Waals surface area contributed by atoms with E-state index in [2.05, 4.69) is 93.6 Å². The molecule has 0 spiro atoms. The molecule has 0 aliphatic rings. The maximum atomic E-state index is 2.47. The standard InChI is InChI=1S/C18H25NSi/c1-15-11-9-10-14-17(15)18(19(2)3)20(4,5)16-12-7-6-8-13-16/h6-14,18H,1-5H3/i1+1. The Balaban J connectivity index is 2.52. The van der Waals surface area contributed by atoms with Crippen LogP contribution in [-0.2, 0) is 0 Å². The van der Waals surface area contributed by atoms with Gasteiger partial charge in [0.1, 0.15) is 8.07 Å². The highest BCUT2D eigenvalue weighted by Gasteiger charge is 2.36. The van der Waals surface area contributed by atoms with Crippen LogP contribution in [0.2, 0.25) is 13.1 Å². The molecule has 0 radical (unpaired) electrons. The van der Waals surface area contributed by atoms with Gasteiger partial charge in [-0.3, -0.25) is 0 Å². The quantitative estimate of drug-likeness (QED) is 0.610. The molecule has 0 heterocycles. The molecule has 1 atom stereocenters. The van der Waals surface area contributed by atoms with Gasteiger partial charge in [-0.05, 0) is 32.1 Å². The lowest BCUT2D eigenvalue weighted by Gasteiger charge is -2.39. The van der Waals surface area contributed by atoms with E-state index in [0.717, 1.165) is 0 Å². The number of hydrogen-bond acceptors (Lipinski definition) is 1. The summed E-state index contributed by atoms with van der Waals surface area (Å²) in [6, 6.07) is 19.8. The average Bonchev–Trinajstić information content (AvgIpc) is 2.42. The summed E-state index contributed by atoms with van der Waals surface area (Å²) in [7, 11) is 2.79. The molecule has 0 fully saturated rings. The predicted octanol–water partition coefficient (Wildman–Crippen LogP) is 3.75. The summed E-state index contributed by atoms with van der Waals surface area (Å²) >= 11 is 0. The first-order chi connectivity index (χ1) is 9.44. The first-order valence-electron chi connectivity index (χ1n) is 7.22. The van der Waals surface area contributed by atoms with Gasteiger partial charge in [0.05, 0.1) is 0 Å². The Hall–Kier alpha value is -1.38. The second-order valence-electron chi connectivity index (χ2n) is 6.31. The van der Waals surface area contributed by atoms with Crippen molar-refractivity contribution in [1.82, 2.24) is 4.90 Å². The van der Waals surface area contributed by atoms with Crippen molar-refractivity contribution in [2.45, 2.75) is 25.7 Å². The van der Waals surface area contributed by atoms with Crippen LogP contribution in [0.15, 0.2) is 54.6 Å². The van der Waals surface area contributed by atoms with E-state index in [1.165, 1.54) is 16.3 Å². The van der Waals surface area contributed by atoms with Crippen molar-refractivity contribution >= 4 is 13.3 Å². The molecule has 1 nitrogen and oxygen atoms in total. The normalized spacial score (nSPS) is 13.5. The number of benzene rings is 2. The van der Waals surface area contributed by atoms with E-state index in [1.54, 1.807) is 0 Å². The lowest BCUT2D eigenvalue weighted by atomic mass is 10.1. The smallest absolute Gasteiger partial charge is 0.104 e. The zero-order valence-electron chi connectivity index (χ0n) is 13.2. The lowest BCUT2D eigenvalue weighted by molar-refractivity contribution is 0.372. The largest absolute Gasteiger partial charge is 0.305 e. The number of nitrogens with zero attached hydrogens (tertiary/aromatic N) is 1. The molecular weight excluding hydrogens is 259 g/mol. The molecule has 0 saturated carbocycles. The minimum atomic E-state index is -1.62. The van der Waals surface area contributed by atoms with Crippen LogP contribution < -0.4 is 5.19 Å². The molecule has 0 N–H and O–H groups in total. The van der Waals surface area contributed by atoms with Crippen LogP contribution in [0, 0.1) is 6.92 Å². The average molecular weight is 284 g/mol. The van der Waals surface area contributed by atoms with E-state index in [9.17, 15) is 0 Å². The SMILES string of the molecule is CN(C)C(c1ccccc1[13CH3])[Si](C)(C)c1ccccc1. The maximum Gasteiger partial charge on any atom is 0.104 e. The molecule has 0 bridgehead atoms. The third kappa shape index (κ3) is 2.86. The fraction of sp³-hybridized carbons (Fsp3) is 0.333. The molecule has 0 aromatic heterocycles. The van der Waals surface area contributed by atoms with Crippen LogP contribution in [0.25, 0.3) is 0 Å². The van der Waals surface area contributed by atoms with Gasteiger partial charge in [-0.15, -0.1) is 0 Å². The van der Waals surface area contributed by atoms with Crippen molar-refractivity contribution in [2.75, 3.05) is 14.1 Å². The third-order valence-electron chi connectivity index (χ3n) is 4.20. The van der Waals surface area contributed by atoms with Crippen molar-refractivity contribution in [3.63, 3.8) is 0 Å². The molecule has 20 heavy (non-hydrogen) atoms. The van der Waals surface area contributed by atoms with Gasteiger partial charge in [-0.2, -0.15) is 0 Å². The van der Waals surface area contributed by atoms with Gasteiger partial charge in [-0.25, -0.2) is 0 Å². The monoisotopic (exact) mass is 284 g/mol. The van der Waals surface area contributed by atoms with Crippen LogP contribution >= 0.6 is 0 Å². The third-order valence-corrected chi connectivity index (χ3v) is 8.22. The van der Waals surface area contributed by atoms with Gasteiger partial charge >= 0.3 is 0 Å². The van der Waals surface area contributed by atoms with Gasteiger partial charge in [0.15, 0.2) is 0 Å². The van der Waals surface area contributed by atoms with Crippen LogP contribution in [0.4, 0.5) is 0 Å². The summed E-state index contributed by atoms with van der Waals surface area (Å²) in [6.07, 6.45) is 0. The predicted molar refractivity (Wildman–Crippen MR) is 91.2 cm³/mol. The Morgan fingerprint density at radius 1 is 0.850 bits per heavy atom. The fourth-order valence-corrected chi connectivity index (χ4v) is 6.99. The minimum absolute atomic E-state index is 0.492. The molecule has 2 rings (SSSR count). The molecule has 0 aliphatic carbocycles. The van der Waals surface area contributed by atoms with Gasteiger partial charge < -0.3 is 4.90 Å². The fourth-order valence-electron chi connectivity index (χ4n) is 3.23. The van der Waals surface area contributed by atoms with Crippen molar-refractivity contribution in [3.8, 4) is 0 Å². The van der Waals surface area contributed by atoms with Gasteiger partial charge in [0, 0.05) is 5.67 Å². The highest BCUT2D eigenvalue weighted by molar-refractivity contribution is 6.90. The molecule has 2 heteroatoms. The van der Waals surface area contributed by atoms with Crippen molar-refractivity contribution in [2.24, 2.45) is 0 Å². The summed E-state index contributed by atoms with van der Waals surface area (Å²) in [5.41, 5.74) is 3.35. The van der Waals surface area contributed by atoms with E-state index in [0.29, 0.717) is 5.67 Å². The van der Waals surface area contributed by atoms with E-state index in [-0.39, 0.29) is 0 Å². The Labute approximate surface area is 124 Å². The zero-order chi connectivity index (χ0) is 14.8. The summed E-state index contributed by atoms with van der Waals surface area (Å²) < 4.78 is 0. The molecule has 106 valence electrons.